The van der Waals surface area contributed by atoms with E-state index in [0.717, 1.165) is 12.2 Å². The third-order valence-corrected chi connectivity index (χ3v) is 3.18. The minimum atomic E-state index is -2.11. The molecule has 0 atom stereocenters. The van der Waals surface area contributed by atoms with E-state index in [-0.39, 0.29) is 5.91 Å². The van der Waals surface area contributed by atoms with Gasteiger partial charge in [0.15, 0.2) is 0 Å². The molecule has 1 aromatic carbocycles. The first kappa shape index (κ1) is 14.5. The molecule has 0 spiro atoms. The van der Waals surface area contributed by atoms with E-state index < -0.39 is 23.3 Å². The van der Waals surface area contributed by atoms with Gasteiger partial charge in [0, 0.05) is 5.69 Å². The maximum absolute atomic E-state index is 12.0. The molecule has 0 aromatic heterocycles. The molecular weight excluding hydrogens is 274 g/mol. The van der Waals surface area contributed by atoms with Crippen molar-refractivity contribution in [1.82, 2.24) is 0 Å². The van der Waals surface area contributed by atoms with Crippen LogP contribution in [0.1, 0.15) is 0 Å². The summed E-state index contributed by atoms with van der Waals surface area (Å²) < 4.78 is 0. The van der Waals surface area contributed by atoms with E-state index >= 15 is 0 Å². The number of nitrogens with one attached hydrogen (secondary N) is 1. The highest BCUT2D eigenvalue weighted by molar-refractivity contribution is 6.04. The average molecular weight is 287 g/mol. The standard InChI is InChI=1S/C15H13NO5/c17-12(16-11-4-2-1-3-5-11)10-6-8-15(9-7-10,13(18)19)14(20)21/h1-10H,(H,16,17)(H,18,19)(H,20,21). The van der Waals surface area contributed by atoms with Gasteiger partial charge in [-0.05, 0) is 12.1 Å². The number of carbonyl (C=O) groups excluding carboxylic acids is 1. The van der Waals surface area contributed by atoms with Crippen LogP contribution < -0.4 is 5.32 Å². The van der Waals surface area contributed by atoms with E-state index in [4.69, 9.17) is 10.2 Å². The number of aliphatic carboxylic acids is 2. The van der Waals surface area contributed by atoms with Crippen LogP contribution in [0.2, 0.25) is 0 Å². The Balaban J connectivity index is 2.13. The lowest BCUT2D eigenvalue weighted by atomic mass is 9.81. The van der Waals surface area contributed by atoms with Gasteiger partial charge in [-0.3, -0.25) is 14.4 Å². The summed E-state index contributed by atoms with van der Waals surface area (Å²) in [4.78, 5) is 34.2. The van der Waals surface area contributed by atoms with Gasteiger partial charge < -0.3 is 15.5 Å². The number of hydrogen-bond acceptors (Lipinski definition) is 3. The molecule has 6 nitrogen and oxygen atoms in total. The van der Waals surface area contributed by atoms with Gasteiger partial charge in [-0.25, -0.2) is 0 Å². The molecule has 0 fully saturated rings. The lowest BCUT2D eigenvalue weighted by Crippen LogP contribution is -2.38. The number of carboxylic acid groups (broad SMARTS) is 2. The Morgan fingerprint density at radius 3 is 1.95 bits per heavy atom. The van der Waals surface area contributed by atoms with Crippen LogP contribution in [0, 0.1) is 11.3 Å². The van der Waals surface area contributed by atoms with E-state index in [1.54, 1.807) is 24.3 Å². The van der Waals surface area contributed by atoms with Gasteiger partial charge in [0.05, 0.1) is 5.92 Å². The Morgan fingerprint density at radius 2 is 1.48 bits per heavy atom. The lowest BCUT2D eigenvalue weighted by Gasteiger charge is -2.22. The van der Waals surface area contributed by atoms with Crippen LogP contribution in [0.4, 0.5) is 5.69 Å². The molecule has 0 radical (unpaired) electrons. The molecule has 2 rings (SSSR count). The zero-order valence-corrected chi connectivity index (χ0v) is 10.9. The van der Waals surface area contributed by atoms with Crippen molar-refractivity contribution in [2.45, 2.75) is 0 Å². The minimum Gasteiger partial charge on any atom is -0.480 e. The number of benzene rings is 1. The van der Waals surface area contributed by atoms with Crippen molar-refractivity contribution in [2.24, 2.45) is 11.3 Å². The summed E-state index contributed by atoms with van der Waals surface area (Å²) in [5, 5.41) is 20.7. The molecule has 0 saturated heterocycles. The van der Waals surface area contributed by atoms with Gasteiger partial charge in [-0.1, -0.05) is 42.5 Å². The van der Waals surface area contributed by atoms with E-state index in [1.807, 2.05) is 6.07 Å². The van der Waals surface area contributed by atoms with E-state index in [0.29, 0.717) is 5.69 Å². The number of amides is 1. The Labute approximate surface area is 120 Å². The molecule has 0 saturated carbocycles. The smallest absolute Gasteiger partial charge is 0.328 e. The third kappa shape index (κ3) is 2.84. The van der Waals surface area contributed by atoms with Crippen molar-refractivity contribution in [3.05, 3.63) is 54.6 Å². The van der Waals surface area contributed by atoms with Gasteiger partial charge in [-0.15, -0.1) is 0 Å². The predicted octanol–water partition coefficient (Wildman–Crippen LogP) is 1.52. The highest BCUT2D eigenvalue weighted by atomic mass is 16.4. The first-order chi connectivity index (χ1) is 9.95. The topological polar surface area (TPSA) is 104 Å². The summed E-state index contributed by atoms with van der Waals surface area (Å²) in [5.74, 6) is -4.07. The maximum Gasteiger partial charge on any atom is 0.328 e. The molecule has 0 bridgehead atoms. The minimum absolute atomic E-state index is 0.363. The molecule has 1 aliphatic rings. The quantitative estimate of drug-likeness (QED) is 0.575. The van der Waals surface area contributed by atoms with E-state index in [2.05, 4.69) is 5.32 Å². The number of rotatable bonds is 4. The predicted molar refractivity (Wildman–Crippen MR) is 74.5 cm³/mol. The summed E-state index contributed by atoms with van der Waals surface area (Å²) in [5.41, 5.74) is -1.50. The van der Waals surface area contributed by atoms with Crippen molar-refractivity contribution in [3.8, 4) is 0 Å². The number of carbonyl (C=O) groups is 3. The Kier molecular flexibility index (Phi) is 3.89. The van der Waals surface area contributed by atoms with Crippen LogP contribution in [0.15, 0.2) is 54.6 Å². The van der Waals surface area contributed by atoms with Gasteiger partial charge in [-0.2, -0.15) is 0 Å². The number of hydrogen-bond donors (Lipinski definition) is 3. The van der Waals surface area contributed by atoms with Gasteiger partial charge in [0.2, 0.25) is 11.3 Å². The van der Waals surface area contributed by atoms with Gasteiger partial charge in [0.25, 0.3) is 0 Å². The Bertz CT molecular complexity index is 603. The van der Waals surface area contributed by atoms with Crippen LogP contribution in [0.25, 0.3) is 0 Å². The molecular formula is C15H13NO5. The van der Waals surface area contributed by atoms with Crippen molar-refractivity contribution >= 4 is 23.5 Å². The van der Waals surface area contributed by atoms with Crippen LogP contribution in [0.5, 0.6) is 0 Å². The second kappa shape index (κ2) is 5.62. The normalized spacial score (nSPS) is 16.4. The second-order valence-electron chi connectivity index (χ2n) is 4.58. The first-order valence-electron chi connectivity index (χ1n) is 6.17. The van der Waals surface area contributed by atoms with Crippen molar-refractivity contribution < 1.29 is 24.6 Å². The van der Waals surface area contributed by atoms with Crippen molar-refractivity contribution in [3.63, 3.8) is 0 Å². The monoisotopic (exact) mass is 287 g/mol. The summed E-state index contributed by atoms with van der Waals surface area (Å²) >= 11 is 0. The van der Waals surface area contributed by atoms with Gasteiger partial charge in [0.1, 0.15) is 0 Å². The largest absolute Gasteiger partial charge is 0.480 e. The fourth-order valence-electron chi connectivity index (χ4n) is 1.93. The third-order valence-electron chi connectivity index (χ3n) is 3.18. The molecule has 0 heterocycles. The van der Waals surface area contributed by atoms with Crippen molar-refractivity contribution in [2.75, 3.05) is 5.32 Å². The van der Waals surface area contributed by atoms with Gasteiger partial charge >= 0.3 is 11.9 Å². The molecule has 0 aliphatic heterocycles. The molecule has 1 aliphatic carbocycles. The second-order valence-corrected chi connectivity index (χ2v) is 4.58. The Morgan fingerprint density at radius 1 is 0.952 bits per heavy atom. The number of para-hydroxylation sites is 1. The SMILES string of the molecule is O=C(Nc1ccccc1)C1C=CC(C(=O)O)(C(=O)O)C=C1. The summed E-state index contributed by atoms with van der Waals surface area (Å²) in [6.07, 6.45) is 4.60. The molecule has 108 valence electrons. The average Bonchev–Trinajstić information content (AvgIpc) is 2.48. The zero-order valence-electron chi connectivity index (χ0n) is 10.9. The maximum atomic E-state index is 12.0. The van der Waals surface area contributed by atoms with Crippen LogP contribution >= 0.6 is 0 Å². The van der Waals surface area contributed by atoms with Crippen LogP contribution in [-0.4, -0.2) is 28.1 Å². The fraction of sp³-hybridized carbons (Fsp3) is 0.133. The molecule has 0 unspecified atom stereocenters. The number of anilines is 1. The summed E-state index contributed by atoms with van der Waals surface area (Å²) in [7, 11) is 0. The highest BCUT2D eigenvalue weighted by Crippen LogP contribution is 2.28. The van der Waals surface area contributed by atoms with E-state index in [9.17, 15) is 14.4 Å². The fourth-order valence-corrected chi connectivity index (χ4v) is 1.93. The molecule has 1 amide bonds. The van der Waals surface area contributed by atoms with Crippen LogP contribution in [0.3, 0.4) is 0 Å². The number of carboxylic acids is 2. The van der Waals surface area contributed by atoms with E-state index in [1.165, 1.54) is 12.2 Å². The highest BCUT2D eigenvalue weighted by Gasteiger charge is 2.43. The van der Waals surface area contributed by atoms with Crippen molar-refractivity contribution in [1.29, 1.82) is 0 Å². The molecule has 1 aromatic rings. The van der Waals surface area contributed by atoms with Crippen LogP contribution in [-0.2, 0) is 14.4 Å². The molecule has 21 heavy (non-hydrogen) atoms. The molecule has 3 N–H and O–H groups in total. The Hall–Kier alpha value is -2.89. The summed E-state index contributed by atoms with van der Waals surface area (Å²) in [6, 6.07) is 8.77. The zero-order chi connectivity index (χ0) is 15.5. The molecule has 6 heteroatoms. The first-order valence-corrected chi connectivity index (χ1v) is 6.17. The lowest BCUT2D eigenvalue weighted by molar-refractivity contribution is -0.157. The summed E-state index contributed by atoms with van der Waals surface area (Å²) in [6.45, 7) is 0.